The maximum absolute atomic E-state index is 13.6. The number of carbonyl (C=O) groups is 2. The molecule has 1 aliphatic heterocycles. The maximum atomic E-state index is 13.6. The van der Waals surface area contributed by atoms with Crippen LogP contribution in [-0.2, 0) is 11.3 Å². The van der Waals surface area contributed by atoms with Crippen LogP contribution in [0.4, 0.5) is 5.82 Å². The number of fused-ring (bicyclic) bond motifs is 1. The minimum atomic E-state index is -0.372. The van der Waals surface area contributed by atoms with Gasteiger partial charge in [-0.25, -0.2) is 4.98 Å². The van der Waals surface area contributed by atoms with Gasteiger partial charge in [0, 0.05) is 67.2 Å². The minimum Gasteiger partial charge on any atom is -0.353 e. The Hall–Kier alpha value is -4.73. The number of piperazine rings is 1. The Bertz CT molecular complexity index is 1830. The van der Waals surface area contributed by atoms with Gasteiger partial charge in [-0.05, 0) is 88.4 Å². The van der Waals surface area contributed by atoms with E-state index in [1.54, 1.807) is 6.20 Å². The van der Waals surface area contributed by atoms with Gasteiger partial charge in [-0.3, -0.25) is 19.1 Å². The van der Waals surface area contributed by atoms with Crippen LogP contribution < -0.4 is 15.8 Å². The smallest absolute Gasteiger partial charge is 0.253 e. The number of hydrogen-bond acceptors (Lipinski definition) is 6. The molecule has 1 fully saturated rings. The Labute approximate surface area is 276 Å². The highest BCUT2D eigenvalue weighted by atomic mass is 16.2. The SMILES string of the molecule is C=CCC(CC)(CC)C(=O)N1CCN(c2ccc(-c3cc(C(=O)NCc4c(C)cc(C)[nH]c4=O)c4cnn(C(C)C)c4c3)cn2)CC1. The second-order valence-corrected chi connectivity index (χ2v) is 12.9. The van der Waals surface area contributed by atoms with E-state index in [4.69, 9.17) is 4.98 Å². The predicted molar refractivity (Wildman–Crippen MR) is 188 cm³/mol. The molecular formula is C37H47N7O3. The van der Waals surface area contributed by atoms with Crippen molar-refractivity contribution in [1.82, 2.24) is 30.0 Å². The van der Waals surface area contributed by atoms with Gasteiger partial charge in [0.05, 0.1) is 22.7 Å². The van der Waals surface area contributed by atoms with E-state index in [1.807, 2.05) is 66.0 Å². The van der Waals surface area contributed by atoms with Gasteiger partial charge >= 0.3 is 0 Å². The Morgan fingerprint density at radius 1 is 1.04 bits per heavy atom. The summed E-state index contributed by atoms with van der Waals surface area (Å²) in [6, 6.07) is 9.94. The van der Waals surface area contributed by atoms with Crippen molar-refractivity contribution in [2.45, 2.75) is 73.4 Å². The molecule has 4 heterocycles. The summed E-state index contributed by atoms with van der Waals surface area (Å²) >= 11 is 0. The van der Waals surface area contributed by atoms with E-state index < -0.39 is 0 Å². The summed E-state index contributed by atoms with van der Waals surface area (Å²) in [5.41, 5.74) is 4.64. The molecule has 0 atom stereocenters. The van der Waals surface area contributed by atoms with Crippen LogP contribution in [0.25, 0.3) is 22.0 Å². The summed E-state index contributed by atoms with van der Waals surface area (Å²) in [6.45, 7) is 18.7. The first-order valence-corrected chi connectivity index (χ1v) is 16.6. The van der Waals surface area contributed by atoms with Gasteiger partial charge in [-0.15, -0.1) is 6.58 Å². The number of amides is 2. The maximum Gasteiger partial charge on any atom is 0.253 e. The van der Waals surface area contributed by atoms with Crippen LogP contribution in [-0.4, -0.2) is 62.6 Å². The number of nitrogens with zero attached hydrogens (tertiary/aromatic N) is 5. The van der Waals surface area contributed by atoms with Crippen molar-refractivity contribution in [3.8, 4) is 11.1 Å². The van der Waals surface area contributed by atoms with Crippen molar-refractivity contribution in [3.05, 3.63) is 88.1 Å². The Morgan fingerprint density at radius 2 is 1.77 bits per heavy atom. The number of nitrogens with one attached hydrogen (secondary N) is 2. The molecule has 3 aromatic heterocycles. The number of pyridine rings is 2. The number of benzene rings is 1. The molecule has 0 bridgehead atoms. The van der Waals surface area contributed by atoms with Crippen LogP contribution in [0, 0.1) is 19.3 Å². The zero-order valence-corrected chi connectivity index (χ0v) is 28.5. The second-order valence-electron chi connectivity index (χ2n) is 12.9. The lowest BCUT2D eigenvalue weighted by Crippen LogP contribution is -2.53. The first-order chi connectivity index (χ1) is 22.5. The fourth-order valence-corrected chi connectivity index (χ4v) is 6.70. The van der Waals surface area contributed by atoms with Crippen LogP contribution in [0.3, 0.4) is 0 Å². The Kier molecular flexibility index (Phi) is 9.98. The molecule has 2 N–H and O–H groups in total. The fourth-order valence-electron chi connectivity index (χ4n) is 6.70. The van der Waals surface area contributed by atoms with Gasteiger partial charge in [-0.2, -0.15) is 5.10 Å². The lowest BCUT2D eigenvalue weighted by Gasteiger charge is -2.40. The number of hydrogen-bond donors (Lipinski definition) is 2. The number of aryl methyl sites for hydroxylation is 2. The number of rotatable bonds is 11. The third kappa shape index (κ3) is 6.73. The lowest BCUT2D eigenvalue weighted by atomic mass is 9.77. The average Bonchev–Trinajstić information content (AvgIpc) is 3.51. The Morgan fingerprint density at radius 3 is 2.36 bits per heavy atom. The topological polar surface area (TPSA) is 116 Å². The molecule has 0 unspecified atom stereocenters. The molecule has 1 aliphatic rings. The summed E-state index contributed by atoms with van der Waals surface area (Å²) in [4.78, 5) is 51.5. The van der Waals surface area contributed by atoms with E-state index >= 15 is 0 Å². The highest BCUT2D eigenvalue weighted by Crippen LogP contribution is 2.34. The average molecular weight is 638 g/mol. The largest absolute Gasteiger partial charge is 0.353 e. The lowest BCUT2D eigenvalue weighted by molar-refractivity contribution is -0.143. The number of aromatic nitrogens is 4. The van der Waals surface area contributed by atoms with Gasteiger partial charge in [0.15, 0.2) is 0 Å². The summed E-state index contributed by atoms with van der Waals surface area (Å²) < 4.78 is 1.91. The van der Waals surface area contributed by atoms with Gasteiger partial charge in [-0.1, -0.05) is 19.9 Å². The van der Waals surface area contributed by atoms with Gasteiger partial charge in [0.2, 0.25) is 5.91 Å². The van der Waals surface area contributed by atoms with Gasteiger partial charge < -0.3 is 20.1 Å². The summed E-state index contributed by atoms with van der Waals surface area (Å²) in [5.74, 6) is 0.802. The van der Waals surface area contributed by atoms with Crippen LogP contribution in [0.2, 0.25) is 0 Å². The third-order valence-electron chi connectivity index (χ3n) is 9.68. The van der Waals surface area contributed by atoms with Gasteiger partial charge in [0.1, 0.15) is 5.82 Å². The fraction of sp³-hybridized carbons (Fsp3) is 0.432. The van der Waals surface area contributed by atoms with E-state index in [9.17, 15) is 14.4 Å². The van der Waals surface area contributed by atoms with E-state index in [0.29, 0.717) is 43.7 Å². The third-order valence-corrected chi connectivity index (χ3v) is 9.68. The van der Waals surface area contributed by atoms with Crippen molar-refractivity contribution in [1.29, 1.82) is 0 Å². The number of anilines is 1. The van der Waals surface area contributed by atoms with Crippen molar-refractivity contribution in [2.24, 2.45) is 5.41 Å². The van der Waals surface area contributed by atoms with Gasteiger partial charge in [0.25, 0.3) is 11.5 Å². The molecule has 1 saturated heterocycles. The van der Waals surface area contributed by atoms with Crippen LogP contribution in [0.15, 0.2) is 60.2 Å². The molecule has 0 saturated carbocycles. The van der Waals surface area contributed by atoms with Crippen molar-refractivity contribution in [3.63, 3.8) is 0 Å². The monoisotopic (exact) mass is 637 g/mol. The molecule has 0 aliphatic carbocycles. The molecule has 0 radical (unpaired) electrons. The summed E-state index contributed by atoms with van der Waals surface area (Å²) in [5, 5.41) is 8.29. The van der Waals surface area contributed by atoms with Crippen molar-refractivity contribution >= 4 is 28.5 Å². The zero-order chi connectivity index (χ0) is 33.9. The molecule has 248 valence electrons. The molecule has 10 heteroatoms. The molecule has 4 aromatic rings. The molecule has 0 spiro atoms. The number of H-pyrrole nitrogens is 1. The number of aromatic amines is 1. The van der Waals surface area contributed by atoms with Crippen LogP contribution >= 0.6 is 0 Å². The quantitative estimate of drug-likeness (QED) is 0.197. The minimum absolute atomic E-state index is 0.0926. The van der Waals surface area contributed by atoms with E-state index in [1.165, 1.54) is 0 Å². The molecule has 47 heavy (non-hydrogen) atoms. The predicted octanol–water partition coefficient (Wildman–Crippen LogP) is 5.95. The number of allylic oxidation sites excluding steroid dienone is 1. The second kappa shape index (κ2) is 13.9. The van der Waals surface area contributed by atoms with E-state index in [2.05, 4.69) is 54.6 Å². The van der Waals surface area contributed by atoms with Crippen LogP contribution in [0.5, 0.6) is 0 Å². The molecule has 1 aromatic carbocycles. The van der Waals surface area contributed by atoms with E-state index in [0.717, 1.165) is 51.9 Å². The summed E-state index contributed by atoms with van der Waals surface area (Å²) in [6.07, 6.45) is 7.73. The zero-order valence-electron chi connectivity index (χ0n) is 28.5. The highest BCUT2D eigenvalue weighted by molar-refractivity contribution is 6.08. The first kappa shape index (κ1) is 33.6. The molecule has 5 rings (SSSR count). The normalized spacial score (nSPS) is 13.8. The van der Waals surface area contributed by atoms with Crippen molar-refractivity contribution < 1.29 is 9.59 Å². The molecule has 2 amide bonds. The van der Waals surface area contributed by atoms with Crippen molar-refractivity contribution in [2.75, 3.05) is 31.1 Å². The standard InChI is InChI=1S/C37H47N7O3/c1-8-13-37(9-2,10-3)36(47)43-16-14-42(15-17-43)33-12-11-27(21-38-33)28-19-29(31-23-40-44(24(4)5)32(31)20-28)34(45)39-22-30-25(6)18-26(7)41-35(30)46/h8,11-12,18-21,23-24H,1,9-10,13-17,22H2,2-7H3,(H,39,45)(H,41,46). The van der Waals surface area contributed by atoms with Crippen LogP contribution in [0.1, 0.15) is 80.2 Å². The molecular weight excluding hydrogens is 590 g/mol. The Balaban J connectivity index is 1.36. The highest BCUT2D eigenvalue weighted by Gasteiger charge is 2.38. The molecule has 10 nitrogen and oxygen atoms in total. The van der Waals surface area contributed by atoms with E-state index in [-0.39, 0.29) is 35.4 Å². The first-order valence-electron chi connectivity index (χ1n) is 16.6. The number of carbonyl (C=O) groups excluding carboxylic acids is 2. The summed E-state index contributed by atoms with van der Waals surface area (Å²) in [7, 11) is 0.